The zero-order chi connectivity index (χ0) is 12.4. The molecule has 0 aromatic heterocycles. The number of hydrogen-bond acceptors (Lipinski definition) is 0. The van der Waals surface area contributed by atoms with Gasteiger partial charge in [-0.05, 0) is 39.7 Å². The predicted molar refractivity (Wildman–Crippen MR) is 72.3 cm³/mol. The van der Waals surface area contributed by atoms with Crippen LogP contribution in [0.1, 0.15) is 60.8 Å². The SMILES string of the molecule is CC(C)(C)C1=[N+](C(C)(C)C)C/C=C\CCC1. The maximum atomic E-state index is 2.59. The van der Waals surface area contributed by atoms with Crippen LogP contribution in [0.3, 0.4) is 0 Å². The average molecular weight is 222 g/mol. The minimum Gasteiger partial charge on any atom is -0.228 e. The Labute approximate surface area is 101 Å². The molecule has 0 N–H and O–H groups in total. The number of allylic oxidation sites excluding steroid dienone is 1. The lowest BCUT2D eigenvalue weighted by molar-refractivity contribution is -0.592. The Kier molecular flexibility index (Phi) is 3.98. The molecule has 0 bridgehead atoms. The molecule has 0 atom stereocenters. The summed E-state index contributed by atoms with van der Waals surface area (Å²) < 4.78 is 2.59. The van der Waals surface area contributed by atoms with E-state index in [1.54, 1.807) is 5.71 Å². The highest BCUT2D eigenvalue weighted by Gasteiger charge is 2.34. The van der Waals surface area contributed by atoms with Gasteiger partial charge in [-0.3, -0.25) is 0 Å². The van der Waals surface area contributed by atoms with E-state index in [4.69, 9.17) is 0 Å². The molecule has 1 rings (SSSR count). The fraction of sp³-hybridized carbons (Fsp3) is 0.800. The van der Waals surface area contributed by atoms with E-state index in [1.807, 2.05) is 0 Å². The molecular weight excluding hydrogens is 194 g/mol. The van der Waals surface area contributed by atoms with Crippen LogP contribution >= 0.6 is 0 Å². The Bertz CT molecular complexity index is 294. The normalized spacial score (nSPS) is 21.6. The van der Waals surface area contributed by atoms with Gasteiger partial charge >= 0.3 is 0 Å². The molecule has 0 aromatic carbocycles. The number of hydrogen-bond donors (Lipinski definition) is 0. The summed E-state index contributed by atoms with van der Waals surface area (Å²) in [6, 6.07) is 0. The van der Waals surface area contributed by atoms with Crippen LogP contribution in [0.4, 0.5) is 0 Å². The van der Waals surface area contributed by atoms with Gasteiger partial charge in [-0.2, -0.15) is 0 Å². The van der Waals surface area contributed by atoms with Crippen molar-refractivity contribution in [2.24, 2.45) is 5.41 Å². The van der Waals surface area contributed by atoms with Crippen LogP contribution in [0.5, 0.6) is 0 Å². The lowest BCUT2D eigenvalue weighted by atomic mass is 9.84. The van der Waals surface area contributed by atoms with Crippen LogP contribution in [0.2, 0.25) is 0 Å². The molecule has 1 aliphatic heterocycles. The van der Waals surface area contributed by atoms with E-state index < -0.39 is 0 Å². The monoisotopic (exact) mass is 222 g/mol. The van der Waals surface area contributed by atoms with Gasteiger partial charge in [-0.15, -0.1) is 0 Å². The summed E-state index contributed by atoms with van der Waals surface area (Å²) in [6.07, 6.45) is 8.42. The maximum Gasteiger partial charge on any atom is 0.161 e. The molecule has 0 radical (unpaired) electrons. The van der Waals surface area contributed by atoms with E-state index in [0.717, 1.165) is 6.54 Å². The Morgan fingerprint density at radius 1 is 1.00 bits per heavy atom. The van der Waals surface area contributed by atoms with E-state index in [0.29, 0.717) is 5.41 Å². The van der Waals surface area contributed by atoms with E-state index in [9.17, 15) is 0 Å². The molecule has 0 spiro atoms. The summed E-state index contributed by atoms with van der Waals surface area (Å²) in [7, 11) is 0. The fourth-order valence-corrected chi connectivity index (χ4v) is 2.39. The van der Waals surface area contributed by atoms with E-state index in [1.165, 1.54) is 19.3 Å². The molecule has 0 amide bonds. The fourth-order valence-electron chi connectivity index (χ4n) is 2.39. The molecule has 0 aliphatic carbocycles. The Morgan fingerprint density at radius 3 is 2.12 bits per heavy atom. The summed E-state index contributed by atoms with van der Waals surface area (Å²) in [5.74, 6) is 0. The summed E-state index contributed by atoms with van der Waals surface area (Å²) in [5, 5.41) is 0. The standard InChI is InChI=1S/C15H28N/c1-14(2,3)13-11-9-7-8-10-12-16(13)15(4,5)6/h8,10H,7,9,11-12H2,1-6H3/q+1/b10-8-,16-13?. The van der Waals surface area contributed by atoms with Crippen molar-refractivity contribution in [1.29, 1.82) is 0 Å². The lowest BCUT2D eigenvalue weighted by Gasteiger charge is -2.28. The van der Waals surface area contributed by atoms with Gasteiger partial charge in [0, 0.05) is 11.8 Å². The molecule has 16 heavy (non-hydrogen) atoms. The van der Waals surface area contributed by atoms with Crippen LogP contribution in [0.15, 0.2) is 12.2 Å². The first kappa shape index (κ1) is 13.5. The Balaban J connectivity index is 3.19. The quantitative estimate of drug-likeness (QED) is 0.430. The largest absolute Gasteiger partial charge is 0.228 e. The zero-order valence-electron chi connectivity index (χ0n) is 11.9. The van der Waals surface area contributed by atoms with Crippen molar-refractivity contribution in [2.45, 2.75) is 66.3 Å². The van der Waals surface area contributed by atoms with Gasteiger partial charge < -0.3 is 0 Å². The molecule has 1 aliphatic rings. The van der Waals surface area contributed by atoms with Gasteiger partial charge in [-0.1, -0.05) is 26.8 Å². The second kappa shape index (κ2) is 4.73. The number of rotatable bonds is 0. The first-order valence-electron chi connectivity index (χ1n) is 6.52. The van der Waals surface area contributed by atoms with E-state index in [-0.39, 0.29) is 5.54 Å². The highest BCUT2D eigenvalue weighted by Crippen LogP contribution is 2.24. The first-order valence-corrected chi connectivity index (χ1v) is 6.52. The van der Waals surface area contributed by atoms with Crippen molar-refractivity contribution in [3.63, 3.8) is 0 Å². The minimum absolute atomic E-state index is 0.226. The second-order valence-electron chi connectivity index (χ2n) is 6.84. The van der Waals surface area contributed by atoms with Crippen LogP contribution in [0, 0.1) is 5.41 Å². The number of nitrogens with zero attached hydrogens (tertiary/aromatic N) is 1. The third kappa shape index (κ3) is 3.47. The third-order valence-corrected chi connectivity index (χ3v) is 3.24. The maximum absolute atomic E-state index is 2.59. The van der Waals surface area contributed by atoms with Gasteiger partial charge in [-0.25, -0.2) is 4.58 Å². The van der Waals surface area contributed by atoms with Gasteiger partial charge in [0.15, 0.2) is 17.8 Å². The van der Waals surface area contributed by atoms with Crippen LogP contribution in [-0.2, 0) is 0 Å². The summed E-state index contributed by atoms with van der Waals surface area (Å²) in [4.78, 5) is 0. The van der Waals surface area contributed by atoms with Gasteiger partial charge in [0.1, 0.15) is 0 Å². The van der Waals surface area contributed by atoms with Gasteiger partial charge in [0.2, 0.25) is 0 Å². The smallest absolute Gasteiger partial charge is 0.161 e. The highest BCUT2D eigenvalue weighted by molar-refractivity contribution is 5.85. The molecule has 1 heterocycles. The molecule has 0 saturated carbocycles. The summed E-state index contributed by atoms with van der Waals surface area (Å²) in [5.41, 5.74) is 2.13. The zero-order valence-corrected chi connectivity index (χ0v) is 11.9. The summed E-state index contributed by atoms with van der Waals surface area (Å²) in [6.45, 7) is 15.0. The van der Waals surface area contributed by atoms with E-state index in [2.05, 4.69) is 58.3 Å². The molecule has 92 valence electrons. The topological polar surface area (TPSA) is 3.01 Å². The van der Waals surface area contributed by atoms with Crippen LogP contribution < -0.4 is 0 Å². The lowest BCUT2D eigenvalue weighted by Crippen LogP contribution is -2.42. The average Bonchev–Trinajstić information content (AvgIpc) is 1.96. The molecule has 0 unspecified atom stereocenters. The first-order chi connectivity index (χ1) is 7.23. The molecule has 1 heteroatoms. The van der Waals surface area contributed by atoms with Crippen molar-refractivity contribution in [1.82, 2.24) is 0 Å². The molecule has 1 nitrogen and oxygen atoms in total. The Morgan fingerprint density at radius 2 is 1.62 bits per heavy atom. The second-order valence-corrected chi connectivity index (χ2v) is 6.84. The van der Waals surface area contributed by atoms with Gasteiger partial charge in [0.25, 0.3) is 0 Å². The molecular formula is C15H28N+. The molecule has 0 fully saturated rings. The third-order valence-electron chi connectivity index (χ3n) is 3.24. The summed E-state index contributed by atoms with van der Waals surface area (Å²) >= 11 is 0. The van der Waals surface area contributed by atoms with E-state index >= 15 is 0 Å². The van der Waals surface area contributed by atoms with Crippen molar-refractivity contribution < 1.29 is 4.58 Å². The van der Waals surface area contributed by atoms with Crippen LogP contribution in [0.25, 0.3) is 0 Å². The van der Waals surface area contributed by atoms with Gasteiger partial charge in [0.05, 0.1) is 0 Å². The van der Waals surface area contributed by atoms with Crippen molar-refractivity contribution >= 4 is 5.71 Å². The highest BCUT2D eigenvalue weighted by atomic mass is 15.1. The Hall–Kier alpha value is -0.590. The van der Waals surface area contributed by atoms with Crippen LogP contribution in [-0.4, -0.2) is 22.4 Å². The minimum atomic E-state index is 0.226. The predicted octanol–water partition coefficient (Wildman–Crippen LogP) is 4.02. The molecule has 0 saturated heterocycles. The van der Waals surface area contributed by atoms with Crippen molar-refractivity contribution in [3.05, 3.63) is 12.2 Å². The molecule has 0 aromatic rings. The van der Waals surface area contributed by atoms with Crippen molar-refractivity contribution in [3.8, 4) is 0 Å². The van der Waals surface area contributed by atoms with Crippen molar-refractivity contribution in [2.75, 3.05) is 6.54 Å².